The first-order valence-electron chi connectivity index (χ1n) is 8.51. The number of carbonyl (C=O) groups excluding carboxylic acids is 2. The summed E-state index contributed by atoms with van der Waals surface area (Å²) in [7, 11) is 0. The van der Waals surface area contributed by atoms with E-state index in [0.717, 1.165) is 5.56 Å². The maximum atomic E-state index is 13.6. The minimum absolute atomic E-state index is 0.0827. The summed E-state index contributed by atoms with van der Waals surface area (Å²) in [5.41, 5.74) is 1.36. The first-order valence-corrected chi connectivity index (χ1v) is 9.88. The third-order valence-electron chi connectivity index (χ3n) is 3.89. The first-order chi connectivity index (χ1) is 13.9. The van der Waals surface area contributed by atoms with Crippen LogP contribution in [0.4, 0.5) is 15.9 Å². The molecule has 29 heavy (non-hydrogen) atoms. The molecule has 0 spiro atoms. The summed E-state index contributed by atoms with van der Waals surface area (Å²) in [5, 5.41) is 14.2. The Morgan fingerprint density at radius 3 is 2.55 bits per heavy atom. The Bertz CT molecular complexity index is 1050. The van der Waals surface area contributed by atoms with E-state index in [2.05, 4.69) is 20.8 Å². The maximum absolute atomic E-state index is 13.6. The topological polar surface area (TPSA) is 84.0 Å². The highest BCUT2D eigenvalue weighted by Crippen LogP contribution is 2.23. The van der Waals surface area contributed by atoms with Crippen molar-refractivity contribution in [1.29, 1.82) is 0 Å². The number of nitrogens with one attached hydrogen (secondary N) is 2. The molecule has 148 valence electrons. The quantitative estimate of drug-likeness (QED) is 0.560. The molecule has 0 bridgehead atoms. The Morgan fingerprint density at radius 1 is 1.03 bits per heavy atom. The lowest BCUT2D eigenvalue weighted by atomic mass is 10.2. The monoisotopic (exact) mass is 430 g/mol. The summed E-state index contributed by atoms with van der Waals surface area (Å²) in [4.78, 5) is 24.2. The zero-order valence-electron chi connectivity index (χ0n) is 15.3. The molecule has 6 nitrogen and oxygen atoms in total. The number of hydrogen-bond acceptors (Lipinski definition) is 5. The number of amides is 2. The van der Waals surface area contributed by atoms with Crippen LogP contribution in [0.3, 0.4) is 0 Å². The molecule has 0 aliphatic carbocycles. The van der Waals surface area contributed by atoms with Crippen molar-refractivity contribution < 1.29 is 14.0 Å². The van der Waals surface area contributed by atoms with Crippen molar-refractivity contribution in [3.63, 3.8) is 0 Å². The minimum Gasteiger partial charge on any atom is -0.325 e. The fourth-order valence-corrected chi connectivity index (χ4v) is 3.15. The first kappa shape index (κ1) is 20.8. The molecule has 1 aromatic heterocycles. The van der Waals surface area contributed by atoms with Gasteiger partial charge in [-0.05, 0) is 48.9 Å². The van der Waals surface area contributed by atoms with Gasteiger partial charge in [-0.25, -0.2) is 4.39 Å². The summed E-state index contributed by atoms with van der Waals surface area (Å²) in [5.74, 6) is -1.14. The molecule has 0 aliphatic heterocycles. The molecule has 2 amide bonds. The standard InChI is InChI=1S/C20H16ClFN4O2S/c1-12-14(21)6-4-8-16(12)23-18(27)11-29-19-10-9-17(25-26-19)24-20(28)13-5-2-3-7-15(13)22/h2-10H,11H2,1H3,(H,23,27)(H,24,25,28). The number of carbonyl (C=O) groups is 2. The van der Waals surface area contributed by atoms with Crippen LogP contribution >= 0.6 is 23.4 Å². The van der Waals surface area contributed by atoms with E-state index in [-0.39, 0.29) is 23.0 Å². The lowest BCUT2D eigenvalue weighted by molar-refractivity contribution is -0.113. The fourth-order valence-electron chi connectivity index (χ4n) is 2.36. The molecule has 0 saturated heterocycles. The molecule has 1 heterocycles. The Hall–Kier alpha value is -2.97. The van der Waals surface area contributed by atoms with E-state index in [4.69, 9.17) is 11.6 Å². The molecule has 0 atom stereocenters. The van der Waals surface area contributed by atoms with Crippen LogP contribution in [-0.4, -0.2) is 27.8 Å². The van der Waals surface area contributed by atoms with Crippen molar-refractivity contribution in [1.82, 2.24) is 10.2 Å². The number of hydrogen-bond donors (Lipinski definition) is 2. The van der Waals surface area contributed by atoms with Crippen LogP contribution in [0.2, 0.25) is 5.02 Å². The second kappa shape index (κ2) is 9.49. The summed E-state index contributed by atoms with van der Waals surface area (Å²) in [6, 6.07) is 14.1. The molecule has 2 aromatic carbocycles. The predicted molar refractivity (Wildman–Crippen MR) is 112 cm³/mol. The van der Waals surface area contributed by atoms with Gasteiger partial charge in [0.2, 0.25) is 5.91 Å². The average Bonchev–Trinajstić information content (AvgIpc) is 2.71. The van der Waals surface area contributed by atoms with Crippen molar-refractivity contribution in [3.8, 4) is 0 Å². The van der Waals surface area contributed by atoms with Crippen molar-refractivity contribution in [2.75, 3.05) is 16.4 Å². The van der Waals surface area contributed by atoms with Crippen LogP contribution in [0.5, 0.6) is 0 Å². The second-order valence-corrected chi connectivity index (χ2v) is 7.34. The largest absolute Gasteiger partial charge is 0.325 e. The number of thioether (sulfide) groups is 1. The molecule has 0 unspecified atom stereocenters. The minimum atomic E-state index is -0.619. The van der Waals surface area contributed by atoms with Gasteiger partial charge < -0.3 is 10.6 Å². The number of rotatable bonds is 6. The Kier molecular flexibility index (Phi) is 6.79. The third-order valence-corrected chi connectivity index (χ3v) is 5.22. The molecule has 0 saturated carbocycles. The summed E-state index contributed by atoms with van der Waals surface area (Å²) in [6.45, 7) is 1.82. The highest BCUT2D eigenvalue weighted by atomic mass is 35.5. The van der Waals surface area contributed by atoms with Crippen LogP contribution in [0.1, 0.15) is 15.9 Å². The number of anilines is 2. The summed E-state index contributed by atoms with van der Waals surface area (Å²) < 4.78 is 13.6. The maximum Gasteiger partial charge on any atom is 0.259 e. The van der Waals surface area contributed by atoms with Crippen molar-refractivity contribution in [2.45, 2.75) is 11.9 Å². The Labute approximate surface area is 175 Å². The molecule has 0 aliphatic rings. The van der Waals surface area contributed by atoms with Gasteiger partial charge in [0.25, 0.3) is 5.91 Å². The van der Waals surface area contributed by atoms with E-state index in [0.29, 0.717) is 15.7 Å². The van der Waals surface area contributed by atoms with Gasteiger partial charge in [-0.15, -0.1) is 10.2 Å². The van der Waals surface area contributed by atoms with Crippen LogP contribution in [0.15, 0.2) is 59.6 Å². The number of benzene rings is 2. The lowest BCUT2D eigenvalue weighted by Gasteiger charge is -2.09. The van der Waals surface area contributed by atoms with E-state index >= 15 is 0 Å². The van der Waals surface area contributed by atoms with E-state index < -0.39 is 11.7 Å². The van der Waals surface area contributed by atoms with Crippen LogP contribution in [0.25, 0.3) is 0 Å². The SMILES string of the molecule is Cc1c(Cl)cccc1NC(=O)CSc1ccc(NC(=O)c2ccccc2F)nn1. The van der Waals surface area contributed by atoms with Crippen LogP contribution < -0.4 is 10.6 Å². The molecule has 9 heteroatoms. The predicted octanol–water partition coefficient (Wildman–Crippen LogP) is 4.56. The summed E-state index contributed by atoms with van der Waals surface area (Å²) >= 11 is 7.24. The van der Waals surface area contributed by atoms with Gasteiger partial charge in [0.05, 0.1) is 11.3 Å². The zero-order valence-corrected chi connectivity index (χ0v) is 16.9. The van der Waals surface area contributed by atoms with E-state index in [9.17, 15) is 14.0 Å². The number of aromatic nitrogens is 2. The second-order valence-electron chi connectivity index (χ2n) is 5.94. The van der Waals surface area contributed by atoms with Crippen molar-refractivity contribution in [2.24, 2.45) is 0 Å². The summed E-state index contributed by atoms with van der Waals surface area (Å²) in [6.07, 6.45) is 0. The van der Waals surface area contributed by atoms with Gasteiger partial charge in [0, 0.05) is 10.7 Å². The van der Waals surface area contributed by atoms with Crippen LogP contribution in [-0.2, 0) is 4.79 Å². The average molecular weight is 431 g/mol. The van der Waals surface area contributed by atoms with Gasteiger partial charge in [-0.3, -0.25) is 9.59 Å². The number of nitrogens with zero attached hydrogens (tertiary/aromatic N) is 2. The van der Waals surface area contributed by atoms with E-state index in [1.807, 2.05) is 6.92 Å². The van der Waals surface area contributed by atoms with E-state index in [1.165, 1.54) is 36.0 Å². The molecule has 3 aromatic rings. The van der Waals surface area contributed by atoms with Crippen LogP contribution in [0, 0.1) is 12.7 Å². The fraction of sp³-hybridized carbons (Fsp3) is 0.100. The van der Waals surface area contributed by atoms with Gasteiger partial charge in [-0.2, -0.15) is 0 Å². The molecule has 0 fully saturated rings. The molecular weight excluding hydrogens is 415 g/mol. The zero-order chi connectivity index (χ0) is 20.8. The third kappa shape index (κ3) is 5.52. The normalized spacial score (nSPS) is 10.4. The lowest BCUT2D eigenvalue weighted by Crippen LogP contribution is -2.16. The van der Waals surface area contributed by atoms with E-state index in [1.54, 1.807) is 30.3 Å². The smallest absolute Gasteiger partial charge is 0.259 e. The van der Waals surface area contributed by atoms with Gasteiger partial charge >= 0.3 is 0 Å². The highest BCUT2D eigenvalue weighted by molar-refractivity contribution is 7.99. The molecule has 0 radical (unpaired) electrons. The van der Waals surface area contributed by atoms with Gasteiger partial charge in [-0.1, -0.05) is 41.6 Å². The molecular formula is C20H16ClFN4O2S. The number of halogens is 2. The van der Waals surface area contributed by atoms with Gasteiger partial charge in [0.15, 0.2) is 5.82 Å². The highest BCUT2D eigenvalue weighted by Gasteiger charge is 2.12. The molecule has 3 rings (SSSR count). The van der Waals surface area contributed by atoms with Gasteiger partial charge in [0.1, 0.15) is 10.8 Å². The molecule has 2 N–H and O–H groups in total. The Morgan fingerprint density at radius 2 is 1.83 bits per heavy atom. The van der Waals surface area contributed by atoms with Crippen molar-refractivity contribution in [3.05, 3.63) is 76.6 Å². The van der Waals surface area contributed by atoms with Crippen molar-refractivity contribution >= 4 is 46.7 Å². The Balaban J connectivity index is 1.54.